The van der Waals surface area contributed by atoms with Gasteiger partial charge in [0.2, 0.25) is 0 Å². The minimum absolute atomic E-state index is 0.463. The van der Waals surface area contributed by atoms with Crippen molar-refractivity contribution in [2.24, 2.45) is 5.73 Å². The summed E-state index contributed by atoms with van der Waals surface area (Å²) in [5.41, 5.74) is 9.32. The number of likely N-dealkylation sites (N-methyl/N-ethyl adjacent to an activating group) is 1. The Morgan fingerprint density at radius 3 is 2.93 bits per heavy atom. The lowest BCUT2D eigenvalue weighted by atomic mass is 10.1. The third kappa shape index (κ3) is 2.29. The van der Waals surface area contributed by atoms with Gasteiger partial charge in [0.25, 0.3) is 0 Å². The van der Waals surface area contributed by atoms with Crippen LogP contribution in [0.25, 0.3) is 0 Å². The Morgan fingerprint density at radius 2 is 2.43 bits per heavy atom. The summed E-state index contributed by atoms with van der Waals surface area (Å²) < 4.78 is 1.02. The first kappa shape index (κ1) is 11.6. The summed E-state index contributed by atoms with van der Waals surface area (Å²) in [6.45, 7) is 4.36. The van der Waals surface area contributed by atoms with Gasteiger partial charge in [0.1, 0.15) is 0 Å². The van der Waals surface area contributed by atoms with Gasteiger partial charge in [-0.1, -0.05) is 0 Å². The van der Waals surface area contributed by atoms with Crippen LogP contribution in [0, 0.1) is 0 Å². The van der Waals surface area contributed by atoms with E-state index in [1.807, 2.05) is 6.08 Å². The topological polar surface area (TPSA) is 50.5 Å². The molecular formula is C9H16BrN3O. The van der Waals surface area contributed by atoms with Crippen LogP contribution in [0.5, 0.6) is 0 Å². The Morgan fingerprint density at radius 1 is 1.71 bits per heavy atom. The average Bonchev–Trinajstić information content (AvgIpc) is 2.19. The van der Waals surface area contributed by atoms with Crippen molar-refractivity contribution in [3.8, 4) is 0 Å². The van der Waals surface area contributed by atoms with E-state index in [0.717, 1.165) is 29.0 Å². The Kier molecular flexibility index (Phi) is 4.44. The average molecular weight is 262 g/mol. The summed E-state index contributed by atoms with van der Waals surface area (Å²) in [6, 6.07) is 0. The van der Waals surface area contributed by atoms with Crippen molar-refractivity contribution in [2.45, 2.75) is 6.92 Å². The zero-order chi connectivity index (χ0) is 10.6. The number of nitrogens with two attached hydrogens (primary N) is 1. The lowest BCUT2D eigenvalue weighted by Crippen LogP contribution is -2.29. The van der Waals surface area contributed by atoms with E-state index in [-0.39, 0.29) is 0 Å². The van der Waals surface area contributed by atoms with Gasteiger partial charge in [-0.05, 0) is 28.9 Å². The summed E-state index contributed by atoms with van der Waals surface area (Å²) in [4.78, 5) is 7.45. The smallest absolute Gasteiger partial charge is 0.152 e. The van der Waals surface area contributed by atoms with Gasteiger partial charge < -0.3 is 15.5 Å². The minimum atomic E-state index is 0.463. The van der Waals surface area contributed by atoms with Crippen LogP contribution in [0.3, 0.4) is 0 Å². The standard InChI is InChI=1S/C9H16BrN3O/c1-3-13-5-4-8(14-12-2)7(6-11)9(13)10/h4,12H,3,5-6,11H2,1-2H3. The summed E-state index contributed by atoms with van der Waals surface area (Å²) in [7, 11) is 1.73. The highest BCUT2D eigenvalue weighted by Crippen LogP contribution is 2.26. The second-order valence-electron chi connectivity index (χ2n) is 2.89. The maximum atomic E-state index is 5.67. The minimum Gasteiger partial charge on any atom is -0.409 e. The quantitative estimate of drug-likeness (QED) is 0.584. The number of hydrogen-bond acceptors (Lipinski definition) is 4. The molecule has 0 aromatic carbocycles. The third-order valence-corrected chi connectivity index (χ3v) is 3.10. The van der Waals surface area contributed by atoms with Crippen molar-refractivity contribution in [3.05, 3.63) is 22.0 Å². The molecule has 3 N–H and O–H groups in total. The zero-order valence-electron chi connectivity index (χ0n) is 8.51. The normalized spacial score (nSPS) is 17.1. The molecule has 5 heteroatoms. The number of nitrogens with zero attached hydrogens (tertiary/aromatic N) is 1. The lowest BCUT2D eigenvalue weighted by molar-refractivity contribution is 0.128. The molecule has 4 nitrogen and oxygen atoms in total. The van der Waals surface area contributed by atoms with Crippen LogP contribution in [0.2, 0.25) is 0 Å². The molecule has 0 aliphatic carbocycles. The molecule has 1 aliphatic rings. The fourth-order valence-corrected chi connectivity index (χ4v) is 2.11. The summed E-state index contributed by atoms with van der Waals surface area (Å²) in [6.07, 6.45) is 2.02. The molecule has 0 atom stereocenters. The zero-order valence-corrected chi connectivity index (χ0v) is 10.1. The van der Waals surface area contributed by atoms with Gasteiger partial charge in [0.15, 0.2) is 5.76 Å². The number of hydroxylamine groups is 1. The number of rotatable bonds is 4. The molecule has 80 valence electrons. The molecule has 0 spiro atoms. The van der Waals surface area contributed by atoms with Crippen molar-refractivity contribution < 1.29 is 4.84 Å². The first-order valence-electron chi connectivity index (χ1n) is 4.62. The number of hydrogen-bond donors (Lipinski definition) is 2. The molecule has 0 amide bonds. The molecule has 0 saturated heterocycles. The highest BCUT2D eigenvalue weighted by atomic mass is 79.9. The van der Waals surface area contributed by atoms with E-state index in [4.69, 9.17) is 10.6 Å². The molecule has 0 aromatic rings. The van der Waals surface area contributed by atoms with Crippen molar-refractivity contribution >= 4 is 15.9 Å². The summed E-state index contributed by atoms with van der Waals surface area (Å²) >= 11 is 3.53. The van der Waals surface area contributed by atoms with Crippen molar-refractivity contribution in [2.75, 3.05) is 26.7 Å². The molecule has 0 fully saturated rings. The molecule has 0 aromatic heterocycles. The second kappa shape index (κ2) is 5.38. The lowest BCUT2D eigenvalue weighted by Gasteiger charge is -2.28. The predicted octanol–water partition coefficient (Wildman–Crippen LogP) is 0.922. The van der Waals surface area contributed by atoms with E-state index in [0.29, 0.717) is 6.54 Å². The second-order valence-corrected chi connectivity index (χ2v) is 3.64. The highest BCUT2D eigenvalue weighted by molar-refractivity contribution is 9.11. The first-order valence-corrected chi connectivity index (χ1v) is 5.41. The van der Waals surface area contributed by atoms with Gasteiger partial charge in [0.05, 0.1) is 4.61 Å². The highest BCUT2D eigenvalue weighted by Gasteiger charge is 2.19. The monoisotopic (exact) mass is 261 g/mol. The van der Waals surface area contributed by atoms with Gasteiger partial charge in [-0.25, -0.2) is 0 Å². The molecule has 0 radical (unpaired) electrons. The maximum Gasteiger partial charge on any atom is 0.152 e. The maximum absolute atomic E-state index is 5.67. The molecule has 0 saturated carbocycles. The van der Waals surface area contributed by atoms with Crippen molar-refractivity contribution in [1.29, 1.82) is 0 Å². The molecule has 14 heavy (non-hydrogen) atoms. The number of halogens is 1. The molecule has 1 rings (SSSR count). The fraction of sp³-hybridized carbons (Fsp3) is 0.556. The largest absolute Gasteiger partial charge is 0.409 e. The van der Waals surface area contributed by atoms with Gasteiger partial charge in [-0.2, -0.15) is 5.48 Å². The molecule has 1 heterocycles. The van der Waals surface area contributed by atoms with Crippen LogP contribution in [0.4, 0.5) is 0 Å². The fourth-order valence-electron chi connectivity index (χ4n) is 1.35. The number of nitrogens with one attached hydrogen (secondary N) is 1. The van der Waals surface area contributed by atoms with Crippen LogP contribution in [-0.2, 0) is 4.84 Å². The van der Waals surface area contributed by atoms with E-state index < -0.39 is 0 Å². The molecule has 0 unspecified atom stereocenters. The Hall–Kier alpha value is -0.520. The van der Waals surface area contributed by atoms with E-state index in [1.54, 1.807) is 7.05 Å². The third-order valence-electron chi connectivity index (χ3n) is 2.12. The first-order chi connectivity index (χ1) is 6.74. The SMILES string of the molecule is CCN1CC=C(ONC)C(CN)=C1Br. The van der Waals surface area contributed by atoms with Crippen LogP contribution in [-0.4, -0.2) is 31.6 Å². The van der Waals surface area contributed by atoms with Crippen LogP contribution >= 0.6 is 15.9 Å². The van der Waals surface area contributed by atoms with E-state index in [2.05, 4.69) is 33.2 Å². The van der Waals surface area contributed by atoms with Crippen molar-refractivity contribution in [3.63, 3.8) is 0 Å². The summed E-state index contributed by atoms with van der Waals surface area (Å²) in [5.74, 6) is 0.812. The van der Waals surface area contributed by atoms with Gasteiger partial charge in [-0.15, -0.1) is 0 Å². The predicted molar refractivity (Wildman–Crippen MR) is 60.5 cm³/mol. The molecule has 1 aliphatic heterocycles. The van der Waals surface area contributed by atoms with Crippen LogP contribution in [0.1, 0.15) is 6.92 Å². The van der Waals surface area contributed by atoms with E-state index in [9.17, 15) is 0 Å². The summed E-state index contributed by atoms with van der Waals surface area (Å²) in [5, 5.41) is 0. The van der Waals surface area contributed by atoms with Crippen LogP contribution in [0.15, 0.2) is 22.0 Å². The van der Waals surface area contributed by atoms with Gasteiger partial charge in [-0.3, -0.25) is 0 Å². The molecule has 0 bridgehead atoms. The van der Waals surface area contributed by atoms with Gasteiger partial charge in [0, 0.05) is 32.3 Å². The van der Waals surface area contributed by atoms with Crippen molar-refractivity contribution in [1.82, 2.24) is 10.4 Å². The van der Waals surface area contributed by atoms with E-state index in [1.165, 1.54) is 0 Å². The Balaban J connectivity index is 2.87. The van der Waals surface area contributed by atoms with Gasteiger partial charge >= 0.3 is 0 Å². The Labute approximate surface area is 92.9 Å². The molecular weight excluding hydrogens is 246 g/mol. The van der Waals surface area contributed by atoms with Crippen LogP contribution < -0.4 is 11.2 Å². The Bertz CT molecular complexity index is 263. The van der Waals surface area contributed by atoms with E-state index >= 15 is 0 Å².